The van der Waals surface area contributed by atoms with Crippen molar-refractivity contribution < 1.29 is 68.5 Å². The van der Waals surface area contributed by atoms with Crippen molar-refractivity contribution in [1.29, 1.82) is 0 Å². The Kier molecular flexibility index (Phi) is 9.72. The number of rotatable bonds is 11. The second kappa shape index (κ2) is 13.5. The Bertz CT molecular complexity index is 1690. The minimum atomic E-state index is -2.16. The third kappa shape index (κ3) is 6.32. The second-order valence-electron chi connectivity index (χ2n) is 12.5. The number of piperidine rings is 1. The highest BCUT2D eigenvalue weighted by Gasteiger charge is 2.69. The summed E-state index contributed by atoms with van der Waals surface area (Å²) in [4.78, 5) is 63.6. The SMILES string of the molecule is Cc1ccc(O)c2c1[C@]13CCN(C)[C@H](C)[C@]1(O)CC=C(OC(=O)C[C@H](O)C(=O)O[C@H](C(=O)O[C@@H](CC(=O)O)C(=O)O)c1ccccc1)[C@@H]3O2. The van der Waals surface area contributed by atoms with Crippen LogP contribution in [0.3, 0.4) is 0 Å². The highest BCUT2D eigenvalue weighted by molar-refractivity contribution is 5.87. The number of aryl methyl sites for hydroxylation is 1. The summed E-state index contributed by atoms with van der Waals surface area (Å²) in [5.41, 5.74) is -1.11. The predicted molar refractivity (Wildman–Crippen MR) is 165 cm³/mol. The van der Waals surface area contributed by atoms with E-state index in [1.807, 2.05) is 25.8 Å². The first kappa shape index (κ1) is 35.3. The number of hydrogen-bond acceptors (Lipinski definition) is 13. The van der Waals surface area contributed by atoms with Crippen molar-refractivity contribution >= 4 is 29.8 Å². The fraction of sp³-hybridized carbons (Fsp3) is 0.441. The zero-order chi connectivity index (χ0) is 35.8. The number of phenols is 1. The van der Waals surface area contributed by atoms with Crippen LogP contribution in [0.4, 0.5) is 0 Å². The van der Waals surface area contributed by atoms with E-state index in [1.54, 1.807) is 12.1 Å². The lowest BCUT2D eigenvalue weighted by atomic mass is 9.54. The van der Waals surface area contributed by atoms with E-state index in [0.29, 0.717) is 18.5 Å². The molecule has 7 atom stereocenters. The van der Waals surface area contributed by atoms with Crippen molar-refractivity contribution in [1.82, 2.24) is 4.90 Å². The molecule has 2 heterocycles. The number of phenolic OH excluding ortho intramolecular Hbond substituents is 1. The Morgan fingerprint density at radius 1 is 1.02 bits per heavy atom. The van der Waals surface area contributed by atoms with Gasteiger partial charge in [0, 0.05) is 23.6 Å². The van der Waals surface area contributed by atoms with Crippen LogP contribution in [0.5, 0.6) is 11.5 Å². The van der Waals surface area contributed by atoms with Crippen molar-refractivity contribution in [3.05, 3.63) is 71.0 Å². The lowest BCUT2D eigenvalue weighted by Gasteiger charge is -2.58. The number of aliphatic carboxylic acids is 2. The second-order valence-corrected chi connectivity index (χ2v) is 12.5. The number of nitrogens with zero attached hydrogens (tertiary/aromatic N) is 1. The molecule has 2 aliphatic heterocycles. The number of aromatic hydroxyl groups is 1. The number of benzene rings is 2. The molecule has 5 N–H and O–H groups in total. The third-order valence-electron chi connectivity index (χ3n) is 9.64. The van der Waals surface area contributed by atoms with Crippen molar-refractivity contribution in [2.45, 2.75) is 81.0 Å². The molecule has 1 spiro atoms. The van der Waals surface area contributed by atoms with Crippen LogP contribution in [-0.4, -0.2) is 104 Å². The highest BCUT2D eigenvalue weighted by atomic mass is 16.6. The maximum Gasteiger partial charge on any atom is 0.353 e. The van der Waals surface area contributed by atoms with Crippen molar-refractivity contribution in [2.24, 2.45) is 0 Å². The molecule has 0 amide bonds. The van der Waals surface area contributed by atoms with Crippen LogP contribution in [0.2, 0.25) is 0 Å². The van der Waals surface area contributed by atoms with E-state index in [0.717, 1.165) is 5.56 Å². The number of carboxylic acids is 2. The summed E-state index contributed by atoms with van der Waals surface area (Å²) < 4.78 is 21.9. The number of carbonyl (C=O) groups excluding carboxylic acids is 3. The van der Waals surface area contributed by atoms with Crippen LogP contribution in [0.1, 0.15) is 55.4 Å². The van der Waals surface area contributed by atoms with E-state index in [4.69, 9.17) is 24.1 Å². The summed E-state index contributed by atoms with van der Waals surface area (Å²) >= 11 is 0. The van der Waals surface area contributed by atoms with Gasteiger partial charge in [0.05, 0.1) is 23.9 Å². The first-order valence-corrected chi connectivity index (χ1v) is 15.5. The number of carboxylic acid groups (broad SMARTS) is 2. The van der Waals surface area contributed by atoms with Crippen molar-refractivity contribution in [3.8, 4) is 11.5 Å². The molecule has 0 unspecified atom stereocenters. The zero-order valence-electron chi connectivity index (χ0n) is 26.9. The molecule has 0 aromatic heterocycles. The number of carbonyl (C=O) groups is 5. The van der Waals surface area contributed by atoms with Gasteiger partial charge in [-0.2, -0.15) is 0 Å². The number of likely N-dealkylation sites (N-methyl/N-ethyl adjacent to an activating group) is 1. The standard InChI is InChI=1S/C34H37NO14/c1-17-9-10-20(36)28-26(17)33-13-14-35(3)18(2)34(33,45)12-11-22(29(33)48-28)46-25(40)15-21(37)31(43)49-27(19-7-5-4-6-8-19)32(44)47-23(30(41)42)16-24(38)39/h4-11,18,21,23,27,29,36-37,45H,12-16H2,1-3H3,(H,38,39)(H,41,42)/t18-,21+,23+,27+,29+,33+,34-/m1/s1. The van der Waals surface area contributed by atoms with E-state index in [1.165, 1.54) is 36.4 Å². The molecular formula is C34H37NO14. The molecule has 3 aliphatic rings. The first-order valence-electron chi connectivity index (χ1n) is 15.5. The van der Waals surface area contributed by atoms with E-state index in [-0.39, 0.29) is 35.3 Å². The Hall–Kier alpha value is -4.99. The van der Waals surface area contributed by atoms with Gasteiger partial charge in [0.15, 0.2) is 23.7 Å². The van der Waals surface area contributed by atoms with Crippen LogP contribution < -0.4 is 4.74 Å². The smallest absolute Gasteiger partial charge is 0.353 e. The highest BCUT2D eigenvalue weighted by Crippen LogP contribution is 2.62. The van der Waals surface area contributed by atoms with Crippen molar-refractivity contribution in [3.63, 3.8) is 0 Å². The lowest BCUT2D eigenvalue weighted by Crippen LogP contribution is -2.71. The van der Waals surface area contributed by atoms with Crippen LogP contribution in [0.15, 0.2) is 54.3 Å². The number of esters is 3. The number of hydrogen-bond donors (Lipinski definition) is 5. The predicted octanol–water partition coefficient (Wildman–Crippen LogP) is 1.49. The van der Waals surface area contributed by atoms with Gasteiger partial charge in [-0.05, 0) is 51.6 Å². The van der Waals surface area contributed by atoms with E-state index < -0.39 is 78.1 Å². The van der Waals surface area contributed by atoms with Gasteiger partial charge in [0.2, 0.25) is 12.2 Å². The summed E-state index contributed by atoms with van der Waals surface area (Å²) in [5, 5.41) is 51.9. The first-order chi connectivity index (χ1) is 23.1. The van der Waals surface area contributed by atoms with E-state index in [9.17, 15) is 44.4 Å². The molecule has 15 nitrogen and oxygen atoms in total. The molecule has 15 heteroatoms. The molecule has 0 saturated carbocycles. The van der Waals surface area contributed by atoms with Crippen molar-refractivity contribution in [2.75, 3.05) is 13.6 Å². The van der Waals surface area contributed by atoms with Crippen LogP contribution in [0.25, 0.3) is 0 Å². The average Bonchev–Trinajstić information content (AvgIpc) is 3.42. The zero-order valence-corrected chi connectivity index (χ0v) is 26.9. The molecule has 5 rings (SSSR count). The molecule has 2 aromatic rings. The number of likely N-dealkylation sites (tertiary alicyclic amines) is 1. The van der Waals surface area contributed by atoms with Crippen LogP contribution in [0, 0.1) is 6.92 Å². The van der Waals surface area contributed by atoms with Gasteiger partial charge in [-0.25, -0.2) is 14.4 Å². The summed E-state index contributed by atoms with van der Waals surface area (Å²) in [6, 6.07) is 10.1. The monoisotopic (exact) mass is 683 g/mol. The summed E-state index contributed by atoms with van der Waals surface area (Å²) in [7, 11) is 1.89. The molecular weight excluding hydrogens is 646 g/mol. The fourth-order valence-corrected chi connectivity index (χ4v) is 7.03. The van der Waals surface area contributed by atoms with Gasteiger partial charge in [0.1, 0.15) is 5.76 Å². The van der Waals surface area contributed by atoms with Gasteiger partial charge in [-0.15, -0.1) is 0 Å². The topological polar surface area (TPSA) is 227 Å². The molecule has 49 heavy (non-hydrogen) atoms. The van der Waals surface area contributed by atoms with E-state index in [2.05, 4.69) is 0 Å². The number of aliphatic hydroxyl groups is 2. The van der Waals surface area contributed by atoms with Gasteiger partial charge < -0.3 is 49.4 Å². The molecule has 1 fully saturated rings. The van der Waals surface area contributed by atoms with Gasteiger partial charge in [-0.3, -0.25) is 9.59 Å². The quantitative estimate of drug-likeness (QED) is 0.167. The number of fused-ring (bicyclic) bond motifs is 1. The van der Waals surface area contributed by atoms with Gasteiger partial charge in [0.25, 0.3) is 0 Å². The molecule has 1 saturated heterocycles. The summed E-state index contributed by atoms with van der Waals surface area (Å²) in [6.45, 7) is 4.27. The third-order valence-corrected chi connectivity index (χ3v) is 9.64. The maximum atomic E-state index is 13.2. The average molecular weight is 684 g/mol. The summed E-state index contributed by atoms with van der Waals surface area (Å²) in [6.07, 6.45) is -7.26. The Balaban J connectivity index is 1.33. The van der Waals surface area contributed by atoms with Gasteiger partial charge in [-0.1, -0.05) is 36.4 Å². The Labute approximate surface area is 280 Å². The molecule has 0 bridgehead atoms. The van der Waals surface area contributed by atoms with Gasteiger partial charge >= 0.3 is 29.8 Å². The molecule has 262 valence electrons. The normalized spacial score (nSPS) is 25.9. The molecule has 1 aliphatic carbocycles. The Morgan fingerprint density at radius 3 is 2.37 bits per heavy atom. The molecule has 0 radical (unpaired) electrons. The lowest BCUT2D eigenvalue weighted by molar-refractivity contribution is -0.183. The fourth-order valence-electron chi connectivity index (χ4n) is 7.03. The minimum Gasteiger partial charge on any atom is -0.504 e. The number of aliphatic hydroxyl groups excluding tert-OH is 1. The summed E-state index contributed by atoms with van der Waals surface area (Å²) in [5.74, 6) is -7.22. The van der Waals surface area contributed by atoms with E-state index >= 15 is 0 Å². The largest absolute Gasteiger partial charge is 0.504 e. The Morgan fingerprint density at radius 2 is 1.71 bits per heavy atom. The number of ether oxygens (including phenoxy) is 4. The van der Waals surface area contributed by atoms with Crippen LogP contribution >= 0.6 is 0 Å². The van der Waals surface area contributed by atoms with Crippen LogP contribution in [-0.2, 0) is 43.6 Å². The maximum absolute atomic E-state index is 13.2. The minimum absolute atomic E-state index is 0.0177. The molecule has 2 aromatic carbocycles.